The fourth-order valence-electron chi connectivity index (χ4n) is 3.32. The molecule has 1 rings (SSSR count). The van der Waals surface area contributed by atoms with Gasteiger partial charge in [0.15, 0.2) is 0 Å². The van der Waals surface area contributed by atoms with Gasteiger partial charge in [0.25, 0.3) is 0 Å². The molecule has 2 unspecified atom stereocenters. The van der Waals surface area contributed by atoms with Crippen molar-refractivity contribution in [2.24, 2.45) is 10.9 Å². The van der Waals surface area contributed by atoms with Gasteiger partial charge < -0.3 is 14.7 Å². The Bertz CT molecular complexity index is 967. The van der Waals surface area contributed by atoms with Crippen molar-refractivity contribution in [3.8, 4) is 0 Å². The van der Waals surface area contributed by atoms with E-state index in [0.717, 1.165) is 34.4 Å². The summed E-state index contributed by atoms with van der Waals surface area (Å²) in [5.74, 6) is -0.374. The Labute approximate surface area is 211 Å². The Morgan fingerprint density at radius 2 is 1.86 bits per heavy atom. The summed E-state index contributed by atoms with van der Waals surface area (Å²) in [5, 5.41) is 13.3. The van der Waals surface area contributed by atoms with Crippen LogP contribution in [-0.4, -0.2) is 59.8 Å². The van der Waals surface area contributed by atoms with E-state index in [1.807, 2.05) is 56.4 Å². The molecule has 194 valence electrons. The summed E-state index contributed by atoms with van der Waals surface area (Å²) in [6.07, 6.45) is 3.73. The van der Waals surface area contributed by atoms with Crippen molar-refractivity contribution >= 4 is 23.7 Å². The quantitative estimate of drug-likeness (QED) is 0.158. The first-order valence-electron chi connectivity index (χ1n) is 12.0. The van der Waals surface area contributed by atoms with Crippen LogP contribution in [0.3, 0.4) is 0 Å². The summed E-state index contributed by atoms with van der Waals surface area (Å²) in [5.41, 5.74) is 4.45. The van der Waals surface area contributed by atoms with Gasteiger partial charge >= 0.3 is 5.97 Å². The van der Waals surface area contributed by atoms with Gasteiger partial charge in [0.2, 0.25) is 0 Å². The molecule has 0 amide bonds. The number of esters is 1. The van der Waals surface area contributed by atoms with Crippen molar-refractivity contribution in [2.75, 3.05) is 14.1 Å². The SMILES string of the molecule is C/C(C=O)=C/C(=C\N(C)C)C(=Nc1cc(CNC(C(=O)OC(C)(C)C)C(C)O)ccc1C)C(C)C. The average Bonchev–Trinajstić information content (AvgIpc) is 2.71. The molecular weight excluding hydrogens is 442 g/mol. The number of ether oxygens (including phenoxy) is 1. The van der Waals surface area contributed by atoms with E-state index in [9.17, 15) is 14.7 Å². The maximum Gasteiger partial charge on any atom is 0.326 e. The second kappa shape index (κ2) is 13.4. The second-order valence-electron chi connectivity index (χ2n) is 10.5. The summed E-state index contributed by atoms with van der Waals surface area (Å²) in [7, 11) is 3.87. The zero-order chi connectivity index (χ0) is 26.9. The minimum atomic E-state index is -0.910. The van der Waals surface area contributed by atoms with Crippen LogP contribution in [0.5, 0.6) is 0 Å². The minimum absolute atomic E-state index is 0.116. The molecule has 0 saturated heterocycles. The van der Waals surface area contributed by atoms with Crippen LogP contribution in [0.25, 0.3) is 0 Å². The number of aryl methyl sites for hydroxylation is 1. The number of aliphatic imine (C=N–C) groups is 1. The maximum absolute atomic E-state index is 12.5. The number of allylic oxidation sites excluding steroid dienone is 3. The van der Waals surface area contributed by atoms with Crippen molar-refractivity contribution in [2.45, 2.75) is 79.7 Å². The molecule has 0 aromatic heterocycles. The van der Waals surface area contributed by atoms with E-state index in [1.54, 1.807) is 34.6 Å². The van der Waals surface area contributed by atoms with E-state index in [2.05, 4.69) is 19.2 Å². The molecule has 0 fully saturated rings. The number of nitrogens with one attached hydrogen (secondary N) is 1. The predicted octanol–water partition coefficient (Wildman–Crippen LogP) is 4.49. The van der Waals surface area contributed by atoms with Crippen molar-refractivity contribution in [1.29, 1.82) is 0 Å². The lowest BCUT2D eigenvalue weighted by Crippen LogP contribution is -2.47. The number of benzene rings is 1. The first kappa shape index (κ1) is 30.3. The van der Waals surface area contributed by atoms with E-state index >= 15 is 0 Å². The Kier molecular flexibility index (Phi) is 11.5. The molecule has 2 atom stereocenters. The number of rotatable bonds is 11. The topological polar surface area (TPSA) is 91.2 Å². The highest BCUT2D eigenvalue weighted by Gasteiger charge is 2.28. The van der Waals surface area contributed by atoms with E-state index in [-0.39, 0.29) is 5.92 Å². The molecule has 0 aliphatic carbocycles. The minimum Gasteiger partial charge on any atom is -0.459 e. The number of carbonyl (C=O) groups is 2. The first-order valence-corrected chi connectivity index (χ1v) is 12.0. The Hall–Kier alpha value is -2.77. The fourth-order valence-corrected chi connectivity index (χ4v) is 3.32. The normalized spacial score (nSPS) is 15.1. The van der Waals surface area contributed by atoms with Crippen LogP contribution in [0.4, 0.5) is 5.69 Å². The molecule has 7 heteroatoms. The van der Waals surface area contributed by atoms with Crippen LogP contribution >= 0.6 is 0 Å². The Morgan fingerprint density at radius 1 is 1.23 bits per heavy atom. The van der Waals surface area contributed by atoms with Gasteiger partial charge in [-0.2, -0.15) is 0 Å². The van der Waals surface area contributed by atoms with E-state index in [4.69, 9.17) is 9.73 Å². The van der Waals surface area contributed by atoms with Gasteiger partial charge in [-0.05, 0) is 76.3 Å². The third kappa shape index (κ3) is 10.6. The van der Waals surface area contributed by atoms with Gasteiger partial charge in [0.05, 0.1) is 17.5 Å². The number of hydrogen-bond donors (Lipinski definition) is 2. The number of aliphatic hydroxyl groups excluding tert-OH is 1. The molecular formula is C28H43N3O4. The third-order valence-corrected chi connectivity index (χ3v) is 4.99. The van der Waals surface area contributed by atoms with Gasteiger partial charge in [-0.25, -0.2) is 0 Å². The van der Waals surface area contributed by atoms with Crippen molar-refractivity contribution < 1.29 is 19.4 Å². The van der Waals surface area contributed by atoms with E-state index in [0.29, 0.717) is 12.1 Å². The third-order valence-electron chi connectivity index (χ3n) is 4.99. The van der Waals surface area contributed by atoms with Crippen LogP contribution in [0.15, 0.2) is 46.6 Å². The highest BCUT2D eigenvalue weighted by molar-refractivity contribution is 6.06. The highest BCUT2D eigenvalue weighted by Crippen LogP contribution is 2.24. The van der Waals surface area contributed by atoms with Gasteiger partial charge in [-0.3, -0.25) is 19.9 Å². The van der Waals surface area contributed by atoms with Gasteiger partial charge in [0, 0.05) is 32.4 Å². The molecule has 35 heavy (non-hydrogen) atoms. The number of aliphatic hydroxyl groups is 1. The summed E-state index contributed by atoms with van der Waals surface area (Å²) in [6, 6.07) is 5.08. The number of aldehydes is 1. The lowest BCUT2D eigenvalue weighted by molar-refractivity contribution is -0.160. The second-order valence-corrected chi connectivity index (χ2v) is 10.5. The molecule has 1 aromatic rings. The molecule has 7 nitrogen and oxygen atoms in total. The fraction of sp³-hybridized carbons (Fsp3) is 0.536. The molecule has 0 aliphatic rings. The molecule has 1 aromatic carbocycles. The van der Waals surface area contributed by atoms with Gasteiger partial charge in [-0.1, -0.05) is 26.0 Å². The number of hydrogen-bond acceptors (Lipinski definition) is 7. The maximum atomic E-state index is 12.5. The Morgan fingerprint density at radius 3 is 2.34 bits per heavy atom. The number of carbonyl (C=O) groups excluding carboxylic acids is 2. The molecule has 0 aliphatic heterocycles. The monoisotopic (exact) mass is 485 g/mol. The molecule has 0 bridgehead atoms. The average molecular weight is 486 g/mol. The summed E-state index contributed by atoms with van der Waals surface area (Å²) in [6.45, 7) is 15.2. The lowest BCUT2D eigenvalue weighted by Gasteiger charge is -2.26. The van der Waals surface area contributed by atoms with Crippen LogP contribution in [-0.2, 0) is 20.9 Å². The molecule has 0 radical (unpaired) electrons. The van der Waals surface area contributed by atoms with E-state index in [1.165, 1.54) is 0 Å². The van der Waals surface area contributed by atoms with Crippen molar-refractivity contribution in [3.63, 3.8) is 0 Å². The molecule has 0 saturated carbocycles. The van der Waals surface area contributed by atoms with Gasteiger partial charge in [-0.15, -0.1) is 0 Å². The van der Waals surface area contributed by atoms with Crippen molar-refractivity contribution in [1.82, 2.24) is 10.2 Å². The zero-order valence-corrected chi connectivity index (χ0v) is 23.0. The van der Waals surface area contributed by atoms with Crippen LogP contribution in [0.1, 0.15) is 59.6 Å². The highest BCUT2D eigenvalue weighted by atomic mass is 16.6. The largest absolute Gasteiger partial charge is 0.459 e. The molecule has 0 spiro atoms. The van der Waals surface area contributed by atoms with Gasteiger partial charge in [0.1, 0.15) is 17.9 Å². The molecule has 2 N–H and O–H groups in total. The van der Waals surface area contributed by atoms with Crippen LogP contribution in [0, 0.1) is 12.8 Å². The lowest BCUT2D eigenvalue weighted by atomic mass is 9.98. The van der Waals surface area contributed by atoms with E-state index < -0.39 is 23.7 Å². The van der Waals surface area contributed by atoms with Crippen molar-refractivity contribution in [3.05, 3.63) is 52.7 Å². The van der Waals surface area contributed by atoms with Crippen LogP contribution in [0.2, 0.25) is 0 Å². The smallest absolute Gasteiger partial charge is 0.326 e. The Balaban J connectivity index is 3.33. The number of nitrogens with zero attached hydrogens (tertiary/aromatic N) is 2. The zero-order valence-electron chi connectivity index (χ0n) is 23.0. The first-order chi connectivity index (χ1) is 16.1. The molecule has 0 heterocycles. The summed E-state index contributed by atoms with van der Waals surface area (Å²) in [4.78, 5) is 30.7. The summed E-state index contributed by atoms with van der Waals surface area (Å²) < 4.78 is 5.45. The standard InChI is InChI=1S/C28H43N3O4/c1-18(2)25(23(16-31(9)10)13-19(3)17-32)30-24-14-22(12-11-20(24)4)15-29-26(21(5)33)27(34)35-28(6,7)8/h11-14,16-18,21,26,29,33H,15H2,1-10H3/b19-13-,23-16+,30-25?. The van der Waals surface area contributed by atoms with Crippen LogP contribution < -0.4 is 5.32 Å². The predicted molar refractivity (Wildman–Crippen MR) is 143 cm³/mol. The summed E-state index contributed by atoms with van der Waals surface area (Å²) >= 11 is 0.